The predicted octanol–water partition coefficient (Wildman–Crippen LogP) is 2.14. The molecule has 1 saturated heterocycles. The highest BCUT2D eigenvalue weighted by molar-refractivity contribution is 5.17. The predicted molar refractivity (Wildman–Crippen MR) is 79.2 cm³/mol. The minimum absolute atomic E-state index is 0.338. The fourth-order valence-corrected chi connectivity index (χ4v) is 2.61. The molecular formula is C16H26N2O. The van der Waals surface area contributed by atoms with Crippen LogP contribution in [0.5, 0.6) is 0 Å². The van der Waals surface area contributed by atoms with Gasteiger partial charge in [0.05, 0.1) is 6.10 Å². The van der Waals surface area contributed by atoms with Crippen LogP contribution in [-0.2, 0) is 0 Å². The minimum Gasteiger partial charge on any atom is -0.388 e. The molecule has 0 radical (unpaired) electrons. The molecule has 3 nitrogen and oxygen atoms in total. The Morgan fingerprint density at radius 1 is 1.16 bits per heavy atom. The fraction of sp³-hybridized carbons (Fsp3) is 0.625. The van der Waals surface area contributed by atoms with Crippen molar-refractivity contribution in [3.63, 3.8) is 0 Å². The second-order valence-electron chi connectivity index (χ2n) is 5.57. The van der Waals surface area contributed by atoms with Gasteiger partial charge in [-0.3, -0.25) is 0 Å². The second kappa shape index (κ2) is 7.63. The number of hydrogen-bond acceptors (Lipinski definition) is 3. The van der Waals surface area contributed by atoms with E-state index in [1.165, 1.54) is 25.9 Å². The molecule has 1 unspecified atom stereocenters. The van der Waals surface area contributed by atoms with Crippen molar-refractivity contribution in [3.8, 4) is 0 Å². The molecule has 1 heterocycles. The average Bonchev–Trinajstić information content (AvgIpc) is 2.96. The zero-order chi connectivity index (χ0) is 13.5. The van der Waals surface area contributed by atoms with Crippen molar-refractivity contribution < 1.29 is 5.11 Å². The molecule has 0 amide bonds. The lowest BCUT2D eigenvalue weighted by molar-refractivity contribution is 0.145. The zero-order valence-corrected chi connectivity index (χ0v) is 12.0. The van der Waals surface area contributed by atoms with Crippen molar-refractivity contribution in [2.45, 2.75) is 25.4 Å². The second-order valence-corrected chi connectivity index (χ2v) is 5.57. The highest BCUT2D eigenvalue weighted by Crippen LogP contribution is 2.16. The Morgan fingerprint density at radius 2 is 1.84 bits per heavy atom. The molecule has 1 aliphatic heterocycles. The van der Waals surface area contributed by atoms with Crippen LogP contribution >= 0.6 is 0 Å². The van der Waals surface area contributed by atoms with Crippen molar-refractivity contribution in [3.05, 3.63) is 35.9 Å². The van der Waals surface area contributed by atoms with Crippen LogP contribution in [0, 0.1) is 0 Å². The number of benzene rings is 1. The Kier molecular flexibility index (Phi) is 5.83. The summed E-state index contributed by atoms with van der Waals surface area (Å²) >= 11 is 0. The standard InChI is InChI=1S/C16H26N2O/c1-17(13-14-18-10-5-6-11-18)12-9-16(19)15-7-3-2-4-8-15/h2-4,7-8,16,19H,5-6,9-14H2,1H3. The fourth-order valence-electron chi connectivity index (χ4n) is 2.61. The molecule has 0 aromatic heterocycles. The molecule has 1 aliphatic rings. The first kappa shape index (κ1) is 14.5. The van der Waals surface area contributed by atoms with Crippen LogP contribution < -0.4 is 0 Å². The Labute approximate surface area is 116 Å². The number of rotatable bonds is 7. The molecule has 0 saturated carbocycles. The molecular weight excluding hydrogens is 236 g/mol. The summed E-state index contributed by atoms with van der Waals surface area (Å²) < 4.78 is 0. The SMILES string of the molecule is CN(CCC(O)c1ccccc1)CCN1CCCC1. The van der Waals surface area contributed by atoms with E-state index in [9.17, 15) is 5.11 Å². The van der Waals surface area contributed by atoms with Gasteiger partial charge in [-0.05, 0) is 45.0 Å². The highest BCUT2D eigenvalue weighted by Gasteiger charge is 2.12. The van der Waals surface area contributed by atoms with Crippen LogP contribution in [-0.4, -0.2) is 54.7 Å². The topological polar surface area (TPSA) is 26.7 Å². The van der Waals surface area contributed by atoms with Gasteiger partial charge in [0.1, 0.15) is 0 Å². The third-order valence-corrected chi connectivity index (χ3v) is 3.97. The lowest BCUT2D eigenvalue weighted by Crippen LogP contribution is -2.32. The van der Waals surface area contributed by atoms with Gasteiger partial charge in [0.15, 0.2) is 0 Å². The third-order valence-electron chi connectivity index (χ3n) is 3.97. The van der Waals surface area contributed by atoms with Gasteiger partial charge in [-0.2, -0.15) is 0 Å². The molecule has 1 N–H and O–H groups in total. The summed E-state index contributed by atoms with van der Waals surface area (Å²) in [7, 11) is 2.15. The summed E-state index contributed by atoms with van der Waals surface area (Å²) in [6.45, 7) is 5.74. The van der Waals surface area contributed by atoms with Crippen molar-refractivity contribution >= 4 is 0 Å². The van der Waals surface area contributed by atoms with Crippen molar-refractivity contribution in [1.29, 1.82) is 0 Å². The van der Waals surface area contributed by atoms with E-state index in [0.717, 1.165) is 31.6 Å². The number of likely N-dealkylation sites (N-methyl/N-ethyl adjacent to an activating group) is 1. The first-order valence-corrected chi connectivity index (χ1v) is 7.39. The monoisotopic (exact) mass is 262 g/mol. The van der Waals surface area contributed by atoms with E-state index in [1.807, 2.05) is 30.3 Å². The van der Waals surface area contributed by atoms with Gasteiger partial charge in [-0.25, -0.2) is 0 Å². The lowest BCUT2D eigenvalue weighted by Gasteiger charge is -2.22. The Balaban J connectivity index is 1.64. The summed E-state index contributed by atoms with van der Waals surface area (Å²) in [5.74, 6) is 0. The number of aliphatic hydroxyl groups excluding tert-OH is 1. The van der Waals surface area contributed by atoms with E-state index in [2.05, 4.69) is 16.8 Å². The largest absolute Gasteiger partial charge is 0.388 e. The van der Waals surface area contributed by atoms with Crippen LogP contribution in [0.2, 0.25) is 0 Å². The maximum atomic E-state index is 10.1. The van der Waals surface area contributed by atoms with Crippen LogP contribution in [0.15, 0.2) is 30.3 Å². The van der Waals surface area contributed by atoms with E-state index >= 15 is 0 Å². The van der Waals surface area contributed by atoms with Crippen molar-refractivity contribution in [1.82, 2.24) is 9.80 Å². The maximum absolute atomic E-state index is 10.1. The maximum Gasteiger partial charge on any atom is 0.0802 e. The molecule has 0 spiro atoms. The van der Waals surface area contributed by atoms with Gasteiger partial charge in [0, 0.05) is 19.6 Å². The molecule has 106 valence electrons. The molecule has 19 heavy (non-hydrogen) atoms. The van der Waals surface area contributed by atoms with Gasteiger partial charge in [0.2, 0.25) is 0 Å². The van der Waals surface area contributed by atoms with E-state index in [0.29, 0.717) is 0 Å². The molecule has 3 heteroatoms. The van der Waals surface area contributed by atoms with Gasteiger partial charge in [-0.15, -0.1) is 0 Å². The average molecular weight is 262 g/mol. The zero-order valence-electron chi connectivity index (χ0n) is 12.0. The molecule has 1 fully saturated rings. The molecule has 1 aromatic carbocycles. The van der Waals surface area contributed by atoms with E-state index in [4.69, 9.17) is 0 Å². The van der Waals surface area contributed by atoms with Crippen molar-refractivity contribution in [2.24, 2.45) is 0 Å². The quantitative estimate of drug-likeness (QED) is 0.815. The number of aliphatic hydroxyl groups is 1. The highest BCUT2D eigenvalue weighted by atomic mass is 16.3. The number of likely N-dealkylation sites (tertiary alicyclic amines) is 1. The Morgan fingerprint density at radius 3 is 2.53 bits per heavy atom. The summed E-state index contributed by atoms with van der Waals surface area (Å²) in [5.41, 5.74) is 1.02. The minimum atomic E-state index is -0.338. The Hall–Kier alpha value is -0.900. The van der Waals surface area contributed by atoms with E-state index < -0.39 is 0 Å². The van der Waals surface area contributed by atoms with Gasteiger partial charge >= 0.3 is 0 Å². The molecule has 1 aromatic rings. The smallest absolute Gasteiger partial charge is 0.0802 e. The summed E-state index contributed by atoms with van der Waals surface area (Å²) in [6, 6.07) is 9.94. The van der Waals surface area contributed by atoms with Gasteiger partial charge in [0.25, 0.3) is 0 Å². The number of hydrogen-bond donors (Lipinski definition) is 1. The van der Waals surface area contributed by atoms with E-state index in [-0.39, 0.29) is 6.10 Å². The Bertz CT molecular complexity index is 349. The first-order valence-electron chi connectivity index (χ1n) is 7.39. The molecule has 0 bridgehead atoms. The third kappa shape index (κ3) is 4.94. The summed E-state index contributed by atoms with van der Waals surface area (Å²) in [5, 5.41) is 10.1. The van der Waals surface area contributed by atoms with Crippen LogP contribution in [0.1, 0.15) is 30.9 Å². The van der Waals surface area contributed by atoms with Gasteiger partial charge in [-0.1, -0.05) is 30.3 Å². The van der Waals surface area contributed by atoms with Crippen LogP contribution in [0.4, 0.5) is 0 Å². The van der Waals surface area contributed by atoms with E-state index in [1.54, 1.807) is 0 Å². The van der Waals surface area contributed by atoms with Crippen molar-refractivity contribution in [2.75, 3.05) is 39.8 Å². The molecule has 0 aliphatic carbocycles. The number of nitrogens with zero attached hydrogens (tertiary/aromatic N) is 2. The van der Waals surface area contributed by atoms with Crippen LogP contribution in [0.3, 0.4) is 0 Å². The summed E-state index contributed by atoms with van der Waals surface area (Å²) in [4.78, 5) is 4.86. The molecule has 1 atom stereocenters. The van der Waals surface area contributed by atoms with Crippen LogP contribution in [0.25, 0.3) is 0 Å². The first-order chi connectivity index (χ1) is 9.25. The lowest BCUT2D eigenvalue weighted by atomic mass is 10.1. The molecule has 2 rings (SSSR count). The van der Waals surface area contributed by atoms with Gasteiger partial charge < -0.3 is 14.9 Å². The normalized spacial score (nSPS) is 18.1. The summed E-state index contributed by atoms with van der Waals surface area (Å²) in [6.07, 6.45) is 3.18.